The van der Waals surface area contributed by atoms with Gasteiger partial charge in [0.15, 0.2) is 0 Å². The fourth-order valence-corrected chi connectivity index (χ4v) is 2.45. The van der Waals surface area contributed by atoms with Crippen molar-refractivity contribution in [3.8, 4) is 0 Å². The fourth-order valence-electron chi connectivity index (χ4n) is 1.77. The molecule has 0 radical (unpaired) electrons. The number of hydrogen-bond acceptors (Lipinski definition) is 3. The van der Waals surface area contributed by atoms with Gasteiger partial charge in [-0.25, -0.2) is 0 Å². The standard InChI is InChI=1S/C15H15ClN2OS/c1-20-12-5-2-10(3-6-12)9-18-11-4-7-13(15(17)19)14(16)8-11/h2-8,18H,9H2,1H3,(H2,17,19). The molecule has 1 amide bonds. The van der Waals surface area contributed by atoms with Crippen molar-refractivity contribution in [2.75, 3.05) is 11.6 Å². The lowest BCUT2D eigenvalue weighted by Gasteiger charge is -2.09. The van der Waals surface area contributed by atoms with Crippen LogP contribution in [0.5, 0.6) is 0 Å². The molecule has 0 saturated carbocycles. The van der Waals surface area contributed by atoms with Gasteiger partial charge in [0.05, 0.1) is 10.6 Å². The zero-order chi connectivity index (χ0) is 14.5. The monoisotopic (exact) mass is 306 g/mol. The van der Waals surface area contributed by atoms with Crippen molar-refractivity contribution in [2.24, 2.45) is 5.73 Å². The number of amides is 1. The quantitative estimate of drug-likeness (QED) is 0.827. The van der Waals surface area contributed by atoms with Gasteiger partial charge in [-0.15, -0.1) is 11.8 Å². The van der Waals surface area contributed by atoms with E-state index >= 15 is 0 Å². The van der Waals surface area contributed by atoms with E-state index in [0.717, 1.165) is 5.69 Å². The van der Waals surface area contributed by atoms with Gasteiger partial charge in [-0.3, -0.25) is 4.79 Å². The Morgan fingerprint density at radius 3 is 2.50 bits per heavy atom. The lowest BCUT2D eigenvalue weighted by atomic mass is 10.2. The van der Waals surface area contributed by atoms with Crippen LogP contribution in [0.15, 0.2) is 47.4 Å². The summed E-state index contributed by atoms with van der Waals surface area (Å²) in [4.78, 5) is 12.3. The first-order valence-corrected chi connectivity index (χ1v) is 7.66. The zero-order valence-electron chi connectivity index (χ0n) is 11.0. The summed E-state index contributed by atoms with van der Waals surface area (Å²) in [5, 5.41) is 3.62. The van der Waals surface area contributed by atoms with Crippen LogP contribution in [0.25, 0.3) is 0 Å². The highest BCUT2D eigenvalue weighted by atomic mass is 35.5. The van der Waals surface area contributed by atoms with Crippen LogP contribution in [0.4, 0.5) is 5.69 Å². The largest absolute Gasteiger partial charge is 0.381 e. The highest BCUT2D eigenvalue weighted by Gasteiger charge is 2.06. The predicted octanol–water partition coefficient (Wildman–Crippen LogP) is 3.77. The molecular weight excluding hydrogens is 292 g/mol. The normalized spacial score (nSPS) is 10.3. The average molecular weight is 307 g/mol. The molecular formula is C15H15ClN2OS. The van der Waals surface area contributed by atoms with Gasteiger partial charge in [0.2, 0.25) is 5.91 Å². The van der Waals surface area contributed by atoms with Crippen LogP contribution in [0.3, 0.4) is 0 Å². The molecule has 3 N–H and O–H groups in total. The molecule has 0 aliphatic heterocycles. The molecule has 0 aliphatic rings. The molecule has 0 heterocycles. The molecule has 0 spiro atoms. The summed E-state index contributed by atoms with van der Waals surface area (Å²) >= 11 is 7.72. The summed E-state index contributed by atoms with van der Waals surface area (Å²) in [5.74, 6) is -0.519. The maximum Gasteiger partial charge on any atom is 0.250 e. The van der Waals surface area contributed by atoms with Crippen molar-refractivity contribution >= 4 is 35.0 Å². The number of carbonyl (C=O) groups excluding carboxylic acids is 1. The van der Waals surface area contributed by atoms with Crippen LogP contribution < -0.4 is 11.1 Å². The van der Waals surface area contributed by atoms with Crippen LogP contribution in [0.1, 0.15) is 15.9 Å². The number of thioether (sulfide) groups is 1. The van der Waals surface area contributed by atoms with E-state index in [0.29, 0.717) is 17.1 Å². The molecule has 0 aromatic heterocycles. The van der Waals surface area contributed by atoms with E-state index in [9.17, 15) is 4.79 Å². The van der Waals surface area contributed by atoms with Gasteiger partial charge < -0.3 is 11.1 Å². The molecule has 5 heteroatoms. The Labute approximate surface area is 127 Å². The first kappa shape index (κ1) is 14.8. The smallest absolute Gasteiger partial charge is 0.250 e. The lowest BCUT2D eigenvalue weighted by Crippen LogP contribution is -2.11. The topological polar surface area (TPSA) is 55.1 Å². The third-order valence-electron chi connectivity index (χ3n) is 2.89. The second-order valence-electron chi connectivity index (χ2n) is 4.26. The van der Waals surface area contributed by atoms with Crippen molar-refractivity contribution < 1.29 is 4.79 Å². The van der Waals surface area contributed by atoms with Gasteiger partial charge in [-0.05, 0) is 42.2 Å². The maximum atomic E-state index is 11.1. The number of nitrogens with one attached hydrogen (secondary N) is 1. The number of anilines is 1. The Hall–Kier alpha value is -1.65. The van der Waals surface area contributed by atoms with Crippen LogP contribution in [-0.4, -0.2) is 12.2 Å². The van der Waals surface area contributed by atoms with Crippen LogP contribution in [-0.2, 0) is 6.54 Å². The van der Waals surface area contributed by atoms with Gasteiger partial charge in [0.1, 0.15) is 0 Å². The van der Waals surface area contributed by atoms with Gasteiger partial charge in [0, 0.05) is 17.1 Å². The fraction of sp³-hybridized carbons (Fsp3) is 0.133. The summed E-state index contributed by atoms with van der Waals surface area (Å²) in [5.41, 5.74) is 7.58. The second kappa shape index (κ2) is 6.68. The van der Waals surface area contributed by atoms with Crippen LogP contribution in [0, 0.1) is 0 Å². The van der Waals surface area contributed by atoms with Crippen molar-refractivity contribution in [1.82, 2.24) is 0 Å². The number of halogens is 1. The minimum atomic E-state index is -0.519. The maximum absolute atomic E-state index is 11.1. The molecule has 0 aliphatic carbocycles. The molecule has 0 fully saturated rings. The summed E-state index contributed by atoms with van der Waals surface area (Å²) in [6.07, 6.45) is 2.05. The molecule has 2 rings (SSSR count). The lowest BCUT2D eigenvalue weighted by molar-refractivity contribution is 0.100. The highest BCUT2D eigenvalue weighted by Crippen LogP contribution is 2.21. The number of hydrogen-bond donors (Lipinski definition) is 2. The highest BCUT2D eigenvalue weighted by molar-refractivity contribution is 7.98. The first-order valence-electron chi connectivity index (χ1n) is 6.06. The minimum absolute atomic E-state index is 0.335. The molecule has 20 heavy (non-hydrogen) atoms. The molecule has 0 unspecified atom stereocenters. The summed E-state index contributed by atoms with van der Waals surface area (Å²) in [6.45, 7) is 0.695. The van der Waals surface area contributed by atoms with Crippen LogP contribution >= 0.6 is 23.4 Å². The summed E-state index contributed by atoms with van der Waals surface area (Å²) in [7, 11) is 0. The molecule has 0 atom stereocenters. The van der Waals surface area contributed by atoms with E-state index in [-0.39, 0.29) is 0 Å². The second-order valence-corrected chi connectivity index (χ2v) is 5.55. The third kappa shape index (κ3) is 3.68. The van der Waals surface area contributed by atoms with Crippen molar-refractivity contribution in [2.45, 2.75) is 11.4 Å². The van der Waals surface area contributed by atoms with Crippen molar-refractivity contribution in [3.05, 3.63) is 58.6 Å². The van der Waals surface area contributed by atoms with E-state index in [4.69, 9.17) is 17.3 Å². The van der Waals surface area contributed by atoms with Gasteiger partial charge in [-0.1, -0.05) is 23.7 Å². The number of benzene rings is 2. The van der Waals surface area contributed by atoms with E-state index in [1.54, 1.807) is 30.0 Å². The first-order chi connectivity index (χ1) is 9.60. The summed E-state index contributed by atoms with van der Waals surface area (Å²) in [6, 6.07) is 13.5. The Bertz CT molecular complexity index is 614. The molecule has 104 valence electrons. The Kier molecular flexibility index (Phi) is 4.93. The van der Waals surface area contributed by atoms with Crippen molar-refractivity contribution in [3.63, 3.8) is 0 Å². The minimum Gasteiger partial charge on any atom is -0.381 e. The Morgan fingerprint density at radius 1 is 1.25 bits per heavy atom. The van der Waals surface area contributed by atoms with E-state index in [2.05, 4.69) is 35.8 Å². The average Bonchev–Trinajstić information content (AvgIpc) is 2.45. The van der Waals surface area contributed by atoms with E-state index in [1.165, 1.54) is 10.5 Å². The number of carbonyl (C=O) groups is 1. The van der Waals surface area contributed by atoms with E-state index in [1.807, 2.05) is 0 Å². The SMILES string of the molecule is CSc1ccc(CNc2ccc(C(N)=O)c(Cl)c2)cc1. The number of nitrogens with two attached hydrogens (primary N) is 1. The third-order valence-corrected chi connectivity index (χ3v) is 3.95. The molecule has 3 nitrogen and oxygen atoms in total. The molecule has 2 aromatic carbocycles. The van der Waals surface area contributed by atoms with Crippen molar-refractivity contribution in [1.29, 1.82) is 0 Å². The van der Waals surface area contributed by atoms with Crippen LogP contribution in [0.2, 0.25) is 5.02 Å². The molecule has 2 aromatic rings. The van der Waals surface area contributed by atoms with Gasteiger partial charge >= 0.3 is 0 Å². The Balaban J connectivity index is 2.03. The summed E-state index contributed by atoms with van der Waals surface area (Å²) < 4.78 is 0. The van der Waals surface area contributed by atoms with Gasteiger partial charge in [-0.2, -0.15) is 0 Å². The zero-order valence-corrected chi connectivity index (χ0v) is 12.6. The predicted molar refractivity (Wildman–Crippen MR) is 85.5 cm³/mol. The molecule has 0 bridgehead atoms. The van der Waals surface area contributed by atoms with E-state index < -0.39 is 5.91 Å². The Morgan fingerprint density at radius 2 is 1.95 bits per heavy atom. The number of rotatable bonds is 5. The number of primary amides is 1. The van der Waals surface area contributed by atoms with Gasteiger partial charge in [0.25, 0.3) is 0 Å². The molecule has 0 saturated heterocycles.